The number of rotatable bonds is 4. The van der Waals surface area contributed by atoms with Gasteiger partial charge < -0.3 is 15.0 Å². The molecule has 6 heteroatoms. The standard InChI is InChI=1S/C23H28N2O4/c1-25(16-5-3-2-4-6-16)22(27)13-7-9-15(10-8-13)24-21(26)19-14-11-17-18(12-14)29-23(28)20(17)19/h7-10,14,16-20H,2-6,11-12H2,1H3,(H,24,26)/t14-,17+,18+,19-,20+/m1/s1. The van der Waals surface area contributed by atoms with E-state index in [4.69, 9.17) is 4.74 Å². The van der Waals surface area contributed by atoms with Crippen molar-refractivity contribution in [3.63, 3.8) is 0 Å². The van der Waals surface area contributed by atoms with Crippen molar-refractivity contribution in [3.8, 4) is 0 Å². The molecule has 0 spiro atoms. The largest absolute Gasteiger partial charge is 0.462 e. The van der Waals surface area contributed by atoms with Gasteiger partial charge in [0.1, 0.15) is 6.10 Å². The van der Waals surface area contributed by atoms with Crippen molar-refractivity contribution >= 4 is 23.5 Å². The number of hydrogen-bond acceptors (Lipinski definition) is 4. The number of fused-ring (bicyclic) bond motifs is 1. The smallest absolute Gasteiger partial charge is 0.310 e. The van der Waals surface area contributed by atoms with E-state index in [1.807, 2.05) is 11.9 Å². The van der Waals surface area contributed by atoms with Gasteiger partial charge >= 0.3 is 5.97 Å². The maximum atomic E-state index is 12.9. The molecule has 1 saturated heterocycles. The number of amides is 2. The summed E-state index contributed by atoms with van der Waals surface area (Å²) >= 11 is 0. The molecular weight excluding hydrogens is 368 g/mol. The second kappa shape index (κ2) is 7.15. The van der Waals surface area contributed by atoms with Crippen molar-refractivity contribution in [2.75, 3.05) is 12.4 Å². The van der Waals surface area contributed by atoms with Crippen molar-refractivity contribution in [1.82, 2.24) is 4.90 Å². The van der Waals surface area contributed by atoms with E-state index < -0.39 is 0 Å². The van der Waals surface area contributed by atoms with Crippen LogP contribution in [0.5, 0.6) is 0 Å². The van der Waals surface area contributed by atoms with Crippen LogP contribution in [0.25, 0.3) is 0 Å². The first kappa shape index (κ1) is 18.6. The minimum absolute atomic E-state index is 0.0302. The Bertz CT molecular complexity index is 828. The Balaban J connectivity index is 1.23. The van der Waals surface area contributed by atoms with E-state index >= 15 is 0 Å². The van der Waals surface area contributed by atoms with Crippen LogP contribution in [0.2, 0.25) is 0 Å². The van der Waals surface area contributed by atoms with Crippen LogP contribution in [0.15, 0.2) is 24.3 Å². The van der Waals surface area contributed by atoms with E-state index in [2.05, 4.69) is 5.32 Å². The second-order valence-corrected chi connectivity index (χ2v) is 9.20. The lowest BCUT2D eigenvalue weighted by Crippen LogP contribution is -2.38. The van der Waals surface area contributed by atoms with Gasteiger partial charge in [-0.1, -0.05) is 19.3 Å². The minimum Gasteiger partial charge on any atom is -0.462 e. The van der Waals surface area contributed by atoms with Crippen molar-refractivity contribution < 1.29 is 19.1 Å². The normalized spacial score (nSPS) is 32.9. The van der Waals surface area contributed by atoms with Gasteiger partial charge in [0, 0.05) is 30.3 Å². The third-order valence-electron chi connectivity index (χ3n) is 7.63. The van der Waals surface area contributed by atoms with Gasteiger partial charge in [0.15, 0.2) is 0 Å². The number of ether oxygens (including phenoxy) is 1. The molecule has 2 bridgehead atoms. The Morgan fingerprint density at radius 3 is 2.52 bits per heavy atom. The maximum Gasteiger partial charge on any atom is 0.310 e. The van der Waals surface area contributed by atoms with E-state index in [9.17, 15) is 14.4 Å². The molecule has 154 valence electrons. The lowest BCUT2D eigenvalue weighted by atomic mass is 9.79. The summed E-state index contributed by atoms with van der Waals surface area (Å²) in [6, 6.07) is 7.44. The number of anilines is 1. The predicted octanol–water partition coefficient (Wildman–Crippen LogP) is 3.23. The maximum absolute atomic E-state index is 12.9. The molecule has 5 rings (SSSR count). The monoisotopic (exact) mass is 396 g/mol. The average Bonchev–Trinajstić information content (AvgIpc) is 3.36. The van der Waals surface area contributed by atoms with Gasteiger partial charge in [-0.2, -0.15) is 0 Å². The van der Waals surface area contributed by atoms with Crippen molar-refractivity contribution in [2.45, 2.75) is 57.1 Å². The zero-order valence-corrected chi connectivity index (χ0v) is 16.8. The Labute approximate surface area is 171 Å². The first-order valence-electron chi connectivity index (χ1n) is 10.9. The van der Waals surface area contributed by atoms with E-state index in [-0.39, 0.29) is 47.6 Å². The molecule has 0 unspecified atom stereocenters. The van der Waals surface area contributed by atoms with Crippen LogP contribution in [-0.4, -0.2) is 41.9 Å². The number of carbonyl (C=O) groups is 3. The number of benzene rings is 1. The summed E-state index contributed by atoms with van der Waals surface area (Å²) in [6.07, 6.45) is 7.54. The first-order chi connectivity index (χ1) is 14.0. The zero-order valence-electron chi connectivity index (χ0n) is 16.8. The molecule has 3 saturated carbocycles. The lowest BCUT2D eigenvalue weighted by molar-refractivity contribution is -0.145. The lowest BCUT2D eigenvalue weighted by Gasteiger charge is -2.31. The fraction of sp³-hybridized carbons (Fsp3) is 0.609. The molecule has 1 aromatic rings. The van der Waals surface area contributed by atoms with Gasteiger partial charge in [0.2, 0.25) is 5.91 Å². The van der Waals surface area contributed by atoms with Crippen LogP contribution in [0.3, 0.4) is 0 Å². The SMILES string of the molecule is CN(C(=O)c1ccc(NC(=O)[C@@H]2[C@@H]3C[C@@H]4[C@@H]2C(=O)O[C@H]4C3)cc1)C1CCCCC1. The van der Waals surface area contributed by atoms with E-state index in [1.165, 1.54) is 19.3 Å². The number of esters is 1. The molecule has 3 aliphatic carbocycles. The highest BCUT2D eigenvalue weighted by Crippen LogP contribution is 2.57. The van der Waals surface area contributed by atoms with Gasteiger partial charge in [-0.15, -0.1) is 0 Å². The molecule has 4 fully saturated rings. The number of carbonyl (C=O) groups excluding carboxylic acids is 3. The third-order valence-corrected chi connectivity index (χ3v) is 7.63. The van der Waals surface area contributed by atoms with E-state index in [0.717, 1.165) is 25.7 Å². The summed E-state index contributed by atoms with van der Waals surface area (Å²) < 4.78 is 5.42. The van der Waals surface area contributed by atoms with Crippen LogP contribution in [0, 0.1) is 23.7 Å². The minimum atomic E-state index is -0.287. The molecule has 6 nitrogen and oxygen atoms in total. The summed E-state index contributed by atoms with van der Waals surface area (Å²) in [5.74, 6) is -0.369. The first-order valence-corrected chi connectivity index (χ1v) is 10.9. The van der Waals surface area contributed by atoms with Crippen LogP contribution < -0.4 is 5.32 Å². The Hall–Kier alpha value is -2.37. The molecule has 0 radical (unpaired) electrons. The Morgan fingerprint density at radius 2 is 1.79 bits per heavy atom. The van der Waals surface area contributed by atoms with Gasteiger partial charge in [-0.05, 0) is 55.9 Å². The van der Waals surface area contributed by atoms with E-state index in [0.29, 0.717) is 17.3 Å². The molecule has 5 atom stereocenters. The molecule has 1 heterocycles. The predicted molar refractivity (Wildman–Crippen MR) is 107 cm³/mol. The van der Waals surface area contributed by atoms with Crippen LogP contribution in [-0.2, 0) is 14.3 Å². The quantitative estimate of drug-likeness (QED) is 0.793. The molecule has 29 heavy (non-hydrogen) atoms. The topological polar surface area (TPSA) is 75.7 Å². The van der Waals surface area contributed by atoms with Gasteiger partial charge in [-0.3, -0.25) is 14.4 Å². The zero-order chi connectivity index (χ0) is 20.1. The van der Waals surface area contributed by atoms with Crippen molar-refractivity contribution in [2.24, 2.45) is 23.7 Å². The summed E-state index contributed by atoms with van der Waals surface area (Å²) in [7, 11) is 1.89. The fourth-order valence-corrected chi connectivity index (χ4v) is 6.12. The molecule has 4 aliphatic rings. The van der Waals surface area contributed by atoms with Crippen LogP contribution >= 0.6 is 0 Å². The molecular formula is C23H28N2O4. The third kappa shape index (κ3) is 3.13. The molecule has 1 N–H and O–H groups in total. The summed E-state index contributed by atoms with van der Waals surface area (Å²) in [6.45, 7) is 0. The molecule has 1 aromatic carbocycles. The highest BCUT2D eigenvalue weighted by molar-refractivity contribution is 5.98. The summed E-state index contributed by atoms with van der Waals surface area (Å²) in [5, 5.41) is 2.96. The molecule has 1 aliphatic heterocycles. The number of hydrogen-bond donors (Lipinski definition) is 1. The highest BCUT2D eigenvalue weighted by Gasteiger charge is 2.63. The van der Waals surface area contributed by atoms with Crippen molar-refractivity contribution in [1.29, 1.82) is 0 Å². The van der Waals surface area contributed by atoms with Crippen LogP contribution in [0.4, 0.5) is 5.69 Å². The van der Waals surface area contributed by atoms with Gasteiger partial charge in [0.25, 0.3) is 5.91 Å². The summed E-state index contributed by atoms with van der Waals surface area (Å²) in [4.78, 5) is 39.7. The van der Waals surface area contributed by atoms with Gasteiger partial charge in [-0.25, -0.2) is 0 Å². The molecule has 2 amide bonds. The van der Waals surface area contributed by atoms with Crippen LogP contribution in [0.1, 0.15) is 55.3 Å². The van der Waals surface area contributed by atoms with E-state index in [1.54, 1.807) is 24.3 Å². The highest BCUT2D eigenvalue weighted by atomic mass is 16.6. The number of nitrogens with zero attached hydrogens (tertiary/aromatic N) is 1. The molecule has 0 aromatic heterocycles. The number of nitrogens with one attached hydrogen (secondary N) is 1. The van der Waals surface area contributed by atoms with Crippen molar-refractivity contribution in [3.05, 3.63) is 29.8 Å². The Kier molecular flexibility index (Phi) is 4.60. The second-order valence-electron chi connectivity index (χ2n) is 9.20. The summed E-state index contributed by atoms with van der Waals surface area (Å²) in [5.41, 5.74) is 1.30. The fourth-order valence-electron chi connectivity index (χ4n) is 6.12. The average molecular weight is 396 g/mol. The Morgan fingerprint density at radius 1 is 1.07 bits per heavy atom. The van der Waals surface area contributed by atoms with Gasteiger partial charge in [0.05, 0.1) is 11.8 Å².